The molecule has 0 amide bonds. The summed E-state index contributed by atoms with van der Waals surface area (Å²) in [6, 6.07) is 11.1. The van der Waals surface area contributed by atoms with Gasteiger partial charge < -0.3 is 25.2 Å². The maximum absolute atomic E-state index is 14.0. The summed E-state index contributed by atoms with van der Waals surface area (Å²) in [4.78, 5) is 4.44. The summed E-state index contributed by atoms with van der Waals surface area (Å²) in [6.45, 7) is 5.10. The van der Waals surface area contributed by atoms with Gasteiger partial charge in [-0.1, -0.05) is 29.3 Å². The zero-order valence-corrected chi connectivity index (χ0v) is 19.4. The number of anilines is 2. The van der Waals surface area contributed by atoms with Gasteiger partial charge in [-0.3, -0.25) is 10.9 Å². The number of allylic oxidation sites excluding steroid dienone is 1. The van der Waals surface area contributed by atoms with Crippen molar-refractivity contribution in [3.63, 3.8) is 0 Å². The Hall–Kier alpha value is -2.81. The maximum Gasteiger partial charge on any atom is 0.142 e. The molecule has 0 saturated carbocycles. The largest absolute Gasteiger partial charge is 0.378 e. The number of morpholine rings is 1. The molecular formula is C23H25Cl2FN6O. The minimum atomic E-state index is -0.470. The predicted octanol–water partition coefficient (Wildman–Crippen LogP) is 3.60. The monoisotopic (exact) mass is 490 g/mol. The number of halogens is 3. The van der Waals surface area contributed by atoms with E-state index in [1.807, 2.05) is 18.2 Å². The van der Waals surface area contributed by atoms with Crippen LogP contribution in [-0.2, 0) is 11.3 Å². The number of rotatable bonds is 5. The Morgan fingerprint density at radius 2 is 1.91 bits per heavy atom. The van der Waals surface area contributed by atoms with Crippen molar-refractivity contribution in [1.29, 1.82) is 0 Å². The molecule has 174 valence electrons. The SMILES string of the molecule is Fc1ccc(Cl)c(CN2CCNC3=C2C=C(Nc2cccc(N4CCOCC4)c2)NN3)c1Cl. The van der Waals surface area contributed by atoms with Gasteiger partial charge in [-0.05, 0) is 30.3 Å². The molecule has 0 atom stereocenters. The normalized spacial score (nSPS) is 18.1. The first kappa shape index (κ1) is 22.0. The van der Waals surface area contributed by atoms with Gasteiger partial charge in [-0.15, -0.1) is 0 Å². The molecule has 4 N–H and O–H groups in total. The molecule has 1 saturated heterocycles. The number of ether oxygens (including phenoxy) is 1. The molecule has 0 aromatic heterocycles. The average Bonchev–Trinajstić information content (AvgIpc) is 2.85. The highest BCUT2D eigenvalue weighted by molar-refractivity contribution is 6.36. The fourth-order valence-corrected chi connectivity index (χ4v) is 4.64. The van der Waals surface area contributed by atoms with E-state index in [-0.39, 0.29) is 5.02 Å². The van der Waals surface area contributed by atoms with Crippen molar-refractivity contribution in [1.82, 2.24) is 21.1 Å². The zero-order valence-electron chi connectivity index (χ0n) is 17.9. The van der Waals surface area contributed by atoms with Gasteiger partial charge in [0.1, 0.15) is 17.5 Å². The Balaban J connectivity index is 1.36. The number of hydrogen-bond acceptors (Lipinski definition) is 7. The lowest BCUT2D eigenvalue weighted by Gasteiger charge is -2.37. The Morgan fingerprint density at radius 1 is 1.06 bits per heavy atom. The highest BCUT2D eigenvalue weighted by atomic mass is 35.5. The third-order valence-electron chi connectivity index (χ3n) is 5.87. The van der Waals surface area contributed by atoms with E-state index in [0.29, 0.717) is 17.1 Å². The standard InChI is InChI=1S/C23H25Cl2FN6O/c24-18-4-5-19(26)22(25)17(18)14-32-7-6-27-23-20(32)13-21(29-30-23)28-15-2-1-3-16(12-15)31-8-10-33-11-9-31/h1-5,12-13,27-30H,6-11,14H2. The fraction of sp³-hybridized carbons (Fsp3) is 0.304. The molecule has 2 aromatic rings. The van der Waals surface area contributed by atoms with Crippen LogP contribution in [-0.4, -0.2) is 44.3 Å². The van der Waals surface area contributed by atoms with Gasteiger partial charge in [0.05, 0.1) is 23.9 Å². The molecule has 3 aliphatic heterocycles. The molecular weight excluding hydrogens is 466 g/mol. The first-order valence-electron chi connectivity index (χ1n) is 10.9. The van der Waals surface area contributed by atoms with Crippen LogP contribution in [0.4, 0.5) is 15.8 Å². The Bertz CT molecular complexity index is 1100. The highest BCUT2D eigenvalue weighted by Crippen LogP contribution is 2.31. The summed E-state index contributed by atoms with van der Waals surface area (Å²) in [6.07, 6.45) is 2.01. The van der Waals surface area contributed by atoms with Crippen LogP contribution in [0.1, 0.15) is 5.56 Å². The van der Waals surface area contributed by atoms with Crippen LogP contribution < -0.4 is 26.4 Å². The predicted molar refractivity (Wildman–Crippen MR) is 129 cm³/mol. The molecule has 0 radical (unpaired) electrons. The van der Waals surface area contributed by atoms with E-state index in [1.54, 1.807) is 6.07 Å². The van der Waals surface area contributed by atoms with Crippen LogP contribution in [0.2, 0.25) is 10.0 Å². The minimum absolute atomic E-state index is 0.0623. The second-order valence-electron chi connectivity index (χ2n) is 8.01. The van der Waals surface area contributed by atoms with Crippen molar-refractivity contribution in [3.05, 3.63) is 81.2 Å². The van der Waals surface area contributed by atoms with E-state index in [9.17, 15) is 4.39 Å². The molecule has 3 aliphatic rings. The molecule has 3 heterocycles. The van der Waals surface area contributed by atoms with Crippen molar-refractivity contribution in [2.45, 2.75) is 6.54 Å². The molecule has 10 heteroatoms. The first-order chi connectivity index (χ1) is 16.1. The third kappa shape index (κ3) is 4.78. The molecule has 33 heavy (non-hydrogen) atoms. The summed E-state index contributed by atoms with van der Waals surface area (Å²) < 4.78 is 19.5. The van der Waals surface area contributed by atoms with Crippen molar-refractivity contribution >= 4 is 34.6 Å². The van der Waals surface area contributed by atoms with Crippen LogP contribution in [0.5, 0.6) is 0 Å². The van der Waals surface area contributed by atoms with E-state index in [4.69, 9.17) is 27.9 Å². The Morgan fingerprint density at radius 3 is 2.76 bits per heavy atom. The number of benzene rings is 2. The van der Waals surface area contributed by atoms with Crippen LogP contribution in [0.15, 0.2) is 59.8 Å². The highest BCUT2D eigenvalue weighted by Gasteiger charge is 2.24. The summed E-state index contributed by atoms with van der Waals surface area (Å²) >= 11 is 12.6. The molecule has 0 spiro atoms. The van der Waals surface area contributed by atoms with Crippen LogP contribution in [0, 0.1) is 5.82 Å². The van der Waals surface area contributed by atoms with Gasteiger partial charge in [-0.2, -0.15) is 0 Å². The second-order valence-corrected chi connectivity index (χ2v) is 8.80. The van der Waals surface area contributed by atoms with Crippen LogP contribution >= 0.6 is 23.2 Å². The number of nitrogens with zero attached hydrogens (tertiary/aromatic N) is 2. The van der Waals surface area contributed by atoms with Gasteiger partial charge in [0, 0.05) is 60.8 Å². The Kier molecular flexibility index (Phi) is 6.39. The molecule has 0 unspecified atom stereocenters. The van der Waals surface area contributed by atoms with Crippen molar-refractivity contribution < 1.29 is 9.13 Å². The van der Waals surface area contributed by atoms with Crippen molar-refractivity contribution in [2.75, 3.05) is 49.6 Å². The molecule has 7 nitrogen and oxygen atoms in total. The number of nitrogens with one attached hydrogen (secondary N) is 4. The van der Waals surface area contributed by atoms with Gasteiger partial charge in [0.15, 0.2) is 0 Å². The lowest BCUT2D eigenvalue weighted by atomic mass is 10.1. The van der Waals surface area contributed by atoms with E-state index < -0.39 is 5.82 Å². The summed E-state index contributed by atoms with van der Waals surface area (Å²) in [5.41, 5.74) is 10.0. The summed E-state index contributed by atoms with van der Waals surface area (Å²) in [5, 5.41) is 7.30. The molecule has 1 fully saturated rings. The lowest BCUT2D eigenvalue weighted by molar-refractivity contribution is 0.122. The first-order valence-corrected chi connectivity index (χ1v) is 11.6. The molecule has 0 bridgehead atoms. The topological polar surface area (TPSA) is 63.8 Å². The van der Waals surface area contributed by atoms with E-state index in [1.165, 1.54) is 6.07 Å². The zero-order chi connectivity index (χ0) is 22.8. The fourth-order valence-electron chi connectivity index (χ4n) is 4.15. The van der Waals surface area contributed by atoms with E-state index in [0.717, 1.165) is 68.1 Å². The van der Waals surface area contributed by atoms with Crippen molar-refractivity contribution in [3.8, 4) is 0 Å². The average molecular weight is 491 g/mol. The number of hydrogen-bond donors (Lipinski definition) is 4. The van der Waals surface area contributed by atoms with Crippen molar-refractivity contribution in [2.24, 2.45) is 0 Å². The van der Waals surface area contributed by atoms with Gasteiger partial charge >= 0.3 is 0 Å². The summed E-state index contributed by atoms with van der Waals surface area (Å²) in [7, 11) is 0. The van der Waals surface area contributed by atoms with Crippen LogP contribution in [0.3, 0.4) is 0 Å². The molecule has 5 rings (SSSR count). The molecule has 0 aliphatic carbocycles. The van der Waals surface area contributed by atoms with Crippen LogP contribution in [0.25, 0.3) is 0 Å². The third-order valence-corrected chi connectivity index (χ3v) is 6.64. The maximum atomic E-state index is 14.0. The van der Waals surface area contributed by atoms with E-state index >= 15 is 0 Å². The quantitative estimate of drug-likeness (QED) is 0.477. The Labute approximate surface area is 202 Å². The molecule has 2 aromatic carbocycles. The number of hydrazine groups is 1. The van der Waals surface area contributed by atoms with Gasteiger partial charge in [0.25, 0.3) is 0 Å². The smallest absolute Gasteiger partial charge is 0.142 e. The lowest BCUT2D eigenvalue weighted by Crippen LogP contribution is -2.49. The second kappa shape index (κ2) is 9.59. The minimum Gasteiger partial charge on any atom is -0.378 e. The summed E-state index contributed by atoms with van der Waals surface area (Å²) in [5.74, 6) is 1.16. The van der Waals surface area contributed by atoms with E-state index in [2.05, 4.69) is 43.4 Å². The van der Waals surface area contributed by atoms with Gasteiger partial charge in [0.2, 0.25) is 0 Å². The van der Waals surface area contributed by atoms with Gasteiger partial charge in [-0.25, -0.2) is 4.39 Å².